The second-order valence-corrected chi connectivity index (χ2v) is 3.56. The van der Waals surface area contributed by atoms with Crippen LogP contribution >= 0.6 is 0 Å². The molecule has 0 aliphatic carbocycles. The summed E-state index contributed by atoms with van der Waals surface area (Å²) in [7, 11) is 0. The Labute approximate surface area is 110 Å². The number of anilines is 1. The van der Waals surface area contributed by atoms with Gasteiger partial charge in [0.2, 0.25) is 0 Å². The summed E-state index contributed by atoms with van der Waals surface area (Å²) in [6, 6.07) is 2.95. The molecule has 2 heterocycles. The molecule has 0 radical (unpaired) electrons. The smallest absolute Gasteiger partial charge is 0.422 e. The van der Waals surface area contributed by atoms with Crippen molar-refractivity contribution in [3.8, 4) is 5.82 Å². The number of amides is 1. The van der Waals surface area contributed by atoms with Crippen LogP contribution in [0.2, 0.25) is 0 Å². The fraction of sp³-hybridized carbons (Fsp3) is 0.200. The number of carbonyl (C=O) groups excluding carboxylic acids is 1. The van der Waals surface area contributed by atoms with E-state index < -0.39 is 18.9 Å². The van der Waals surface area contributed by atoms with Crippen molar-refractivity contribution in [2.75, 3.05) is 11.9 Å². The number of nitrogens with zero attached hydrogens (tertiary/aromatic N) is 4. The Balaban J connectivity index is 1.92. The molecule has 106 valence electrons. The molecule has 0 aliphatic rings. The van der Waals surface area contributed by atoms with E-state index in [1.54, 1.807) is 0 Å². The van der Waals surface area contributed by atoms with Crippen molar-refractivity contribution >= 4 is 11.8 Å². The summed E-state index contributed by atoms with van der Waals surface area (Å²) >= 11 is 0. The quantitative estimate of drug-likeness (QED) is 0.930. The van der Waals surface area contributed by atoms with Gasteiger partial charge in [0, 0.05) is 0 Å². The first-order valence-corrected chi connectivity index (χ1v) is 5.25. The van der Waals surface area contributed by atoms with E-state index in [0.29, 0.717) is 5.82 Å². The molecule has 2 rings (SSSR count). The van der Waals surface area contributed by atoms with E-state index in [4.69, 9.17) is 0 Å². The van der Waals surface area contributed by atoms with Crippen LogP contribution in [0, 0.1) is 0 Å². The maximum atomic E-state index is 11.8. The highest BCUT2D eigenvalue weighted by atomic mass is 19.4. The first-order chi connectivity index (χ1) is 9.44. The normalized spacial score (nSPS) is 11.2. The van der Waals surface area contributed by atoms with Crippen LogP contribution in [0.5, 0.6) is 0 Å². The van der Waals surface area contributed by atoms with Crippen LogP contribution in [-0.2, 0) is 4.74 Å². The van der Waals surface area contributed by atoms with Crippen molar-refractivity contribution in [1.82, 2.24) is 19.7 Å². The van der Waals surface area contributed by atoms with E-state index in [9.17, 15) is 18.0 Å². The molecule has 0 fully saturated rings. The molecule has 0 spiro atoms. The van der Waals surface area contributed by atoms with E-state index in [-0.39, 0.29) is 5.69 Å². The largest absolute Gasteiger partial charge is 0.440 e. The third kappa shape index (κ3) is 3.93. The Kier molecular flexibility index (Phi) is 3.82. The molecule has 2 aromatic heterocycles. The van der Waals surface area contributed by atoms with Gasteiger partial charge in [0.1, 0.15) is 12.7 Å². The second kappa shape index (κ2) is 5.55. The van der Waals surface area contributed by atoms with Gasteiger partial charge in [0.15, 0.2) is 12.4 Å². The van der Waals surface area contributed by atoms with Gasteiger partial charge in [-0.3, -0.25) is 5.32 Å². The summed E-state index contributed by atoms with van der Waals surface area (Å²) in [6.07, 6.45) is -1.77. The minimum absolute atomic E-state index is 0.195. The van der Waals surface area contributed by atoms with Crippen LogP contribution in [0.15, 0.2) is 31.0 Å². The number of halogens is 3. The molecule has 7 nitrogen and oxygen atoms in total. The summed E-state index contributed by atoms with van der Waals surface area (Å²) in [6.45, 7) is -1.65. The zero-order chi connectivity index (χ0) is 14.6. The average molecular weight is 287 g/mol. The molecule has 0 aliphatic heterocycles. The zero-order valence-electron chi connectivity index (χ0n) is 9.83. The standard InChI is InChI=1S/C10H8F3N5O2/c11-10(12,13)4-20-9(19)17-7-1-2-8(15-3-7)18-6-14-5-16-18/h1-3,5-6H,4H2,(H,17,19). The Morgan fingerprint density at radius 2 is 2.20 bits per heavy atom. The maximum Gasteiger partial charge on any atom is 0.422 e. The maximum absolute atomic E-state index is 11.8. The third-order valence-electron chi connectivity index (χ3n) is 2.01. The molecular formula is C10H8F3N5O2. The van der Waals surface area contributed by atoms with Crippen molar-refractivity contribution in [1.29, 1.82) is 0 Å². The predicted octanol–water partition coefficient (Wildman–Crippen LogP) is 1.77. The number of pyridine rings is 1. The third-order valence-corrected chi connectivity index (χ3v) is 2.01. The molecule has 0 saturated heterocycles. The van der Waals surface area contributed by atoms with Crippen molar-refractivity contribution < 1.29 is 22.7 Å². The average Bonchev–Trinajstić information content (AvgIpc) is 2.90. The topological polar surface area (TPSA) is 81.9 Å². The van der Waals surface area contributed by atoms with Gasteiger partial charge in [-0.2, -0.15) is 18.3 Å². The number of hydrogen-bond acceptors (Lipinski definition) is 5. The van der Waals surface area contributed by atoms with Gasteiger partial charge in [0.05, 0.1) is 11.9 Å². The highest BCUT2D eigenvalue weighted by Crippen LogP contribution is 2.15. The monoisotopic (exact) mass is 287 g/mol. The van der Waals surface area contributed by atoms with Crippen molar-refractivity contribution in [2.45, 2.75) is 6.18 Å². The van der Waals surface area contributed by atoms with Gasteiger partial charge in [-0.25, -0.2) is 19.4 Å². The van der Waals surface area contributed by atoms with Gasteiger partial charge in [-0.15, -0.1) is 0 Å². The molecule has 0 atom stereocenters. The molecule has 1 amide bonds. The lowest BCUT2D eigenvalue weighted by Gasteiger charge is -2.09. The Hall–Kier alpha value is -2.65. The summed E-state index contributed by atoms with van der Waals surface area (Å²) in [5, 5.41) is 5.96. The number of rotatable bonds is 3. The van der Waals surface area contributed by atoms with E-state index in [1.165, 1.54) is 35.7 Å². The zero-order valence-corrected chi connectivity index (χ0v) is 9.83. The number of hydrogen-bond donors (Lipinski definition) is 1. The van der Waals surface area contributed by atoms with Crippen LogP contribution in [0.3, 0.4) is 0 Å². The summed E-state index contributed by atoms with van der Waals surface area (Å²) in [5.41, 5.74) is 0.195. The Bertz CT molecular complexity index is 568. The fourth-order valence-corrected chi connectivity index (χ4v) is 1.22. The summed E-state index contributed by atoms with van der Waals surface area (Å²) in [4.78, 5) is 18.8. The van der Waals surface area contributed by atoms with Crippen molar-refractivity contribution in [3.05, 3.63) is 31.0 Å². The number of alkyl halides is 3. The van der Waals surface area contributed by atoms with Gasteiger partial charge >= 0.3 is 12.3 Å². The molecule has 20 heavy (non-hydrogen) atoms. The van der Waals surface area contributed by atoms with Gasteiger partial charge < -0.3 is 4.74 Å². The Morgan fingerprint density at radius 3 is 2.75 bits per heavy atom. The molecule has 1 N–H and O–H groups in total. The highest BCUT2D eigenvalue weighted by molar-refractivity contribution is 5.84. The molecule has 0 unspecified atom stereocenters. The van der Waals surface area contributed by atoms with Crippen molar-refractivity contribution in [3.63, 3.8) is 0 Å². The second-order valence-electron chi connectivity index (χ2n) is 3.56. The first kappa shape index (κ1) is 13.8. The van der Waals surface area contributed by atoms with Gasteiger partial charge in [-0.1, -0.05) is 0 Å². The van der Waals surface area contributed by atoms with Crippen LogP contribution in [0.1, 0.15) is 0 Å². The lowest BCUT2D eigenvalue weighted by Crippen LogP contribution is -2.23. The van der Waals surface area contributed by atoms with Crippen LogP contribution in [-0.4, -0.2) is 38.6 Å². The molecular weight excluding hydrogens is 279 g/mol. The van der Waals surface area contributed by atoms with Crippen LogP contribution in [0.4, 0.5) is 23.7 Å². The highest BCUT2D eigenvalue weighted by Gasteiger charge is 2.29. The van der Waals surface area contributed by atoms with Crippen molar-refractivity contribution in [2.24, 2.45) is 0 Å². The van der Waals surface area contributed by atoms with E-state index in [2.05, 4.69) is 25.1 Å². The number of nitrogens with one attached hydrogen (secondary N) is 1. The van der Waals surface area contributed by atoms with Gasteiger partial charge in [0.25, 0.3) is 0 Å². The van der Waals surface area contributed by atoms with E-state index in [0.717, 1.165) is 0 Å². The molecule has 0 saturated carbocycles. The lowest BCUT2D eigenvalue weighted by molar-refractivity contribution is -0.159. The summed E-state index contributed by atoms with van der Waals surface area (Å²) in [5.74, 6) is 0.441. The van der Waals surface area contributed by atoms with Crippen LogP contribution < -0.4 is 5.32 Å². The number of carbonyl (C=O) groups is 1. The molecule has 0 aromatic carbocycles. The number of aromatic nitrogens is 4. The Morgan fingerprint density at radius 1 is 1.40 bits per heavy atom. The van der Waals surface area contributed by atoms with Crippen LogP contribution in [0.25, 0.3) is 5.82 Å². The minimum atomic E-state index is -4.56. The summed E-state index contributed by atoms with van der Waals surface area (Å²) < 4.78 is 40.9. The first-order valence-electron chi connectivity index (χ1n) is 5.25. The van der Waals surface area contributed by atoms with Gasteiger partial charge in [-0.05, 0) is 12.1 Å². The minimum Gasteiger partial charge on any atom is -0.440 e. The SMILES string of the molecule is O=C(Nc1ccc(-n2cncn2)nc1)OCC(F)(F)F. The van der Waals surface area contributed by atoms with E-state index in [1.807, 2.05) is 0 Å². The molecule has 0 bridgehead atoms. The number of ether oxygens (including phenoxy) is 1. The molecule has 2 aromatic rings. The lowest BCUT2D eigenvalue weighted by atomic mass is 10.4. The van der Waals surface area contributed by atoms with E-state index >= 15 is 0 Å². The fourth-order valence-electron chi connectivity index (χ4n) is 1.22. The molecule has 10 heteroatoms. The predicted molar refractivity (Wildman–Crippen MR) is 60.2 cm³/mol.